The average molecular weight is 278 g/mol. The number of fused-ring (bicyclic) bond motifs is 2. The zero-order valence-electron chi connectivity index (χ0n) is 11.3. The Morgan fingerprint density at radius 3 is 2.86 bits per heavy atom. The van der Waals surface area contributed by atoms with Gasteiger partial charge >= 0.3 is 6.03 Å². The maximum absolute atomic E-state index is 11.6. The van der Waals surface area contributed by atoms with Crippen LogP contribution in [0.3, 0.4) is 0 Å². The van der Waals surface area contributed by atoms with Crippen LogP contribution in [0.4, 0.5) is 10.6 Å². The molecule has 5 heteroatoms. The third-order valence-corrected chi connectivity index (χ3v) is 3.90. The van der Waals surface area contributed by atoms with Crippen molar-refractivity contribution in [1.29, 1.82) is 0 Å². The summed E-state index contributed by atoms with van der Waals surface area (Å²) in [5, 5.41) is 9.90. The third-order valence-electron chi connectivity index (χ3n) is 3.90. The minimum atomic E-state index is -0.563. The van der Waals surface area contributed by atoms with Gasteiger partial charge in [0.05, 0.1) is 5.69 Å². The molecule has 0 saturated carbocycles. The fourth-order valence-corrected chi connectivity index (χ4v) is 2.98. The Hall–Kier alpha value is -2.82. The predicted molar refractivity (Wildman–Crippen MR) is 82.3 cm³/mol. The maximum Gasteiger partial charge on any atom is 0.341 e. The highest BCUT2D eigenvalue weighted by Gasteiger charge is 2.25. The molecule has 4 rings (SSSR count). The van der Waals surface area contributed by atoms with Gasteiger partial charge in [0.1, 0.15) is 5.82 Å². The first-order valence-corrected chi connectivity index (χ1v) is 6.89. The van der Waals surface area contributed by atoms with Gasteiger partial charge in [-0.3, -0.25) is 0 Å². The molecule has 0 bridgehead atoms. The minimum absolute atomic E-state index is 0.563. The molecule has 2 aromatic carbocycles. The summed E-state index contributed by atoms with van der Waals surface area (Å²) in [6.07, 6.45) is 0.848. The van der Waals surface area contributed by atoms with Gasteiger partial charge in [0.15, 0.2) is 0 Å². The third kappa shape index (κ3) is 1.71. The van der Waals surface area contributed by atoms with Crippen molar-refractivity contribution in [2.24, 2.45) is 5.73 Å². The van der Waals surface area contributed by atoms with E-state index in [0.717, 1.165) is 46.4 Å². The number of carbonyl (C=O) groups excluding carboxylic acids is 1. The largest absolute Gasteiger partial charge is 0.369 e. The van der Waals surface area contributed by atoms with Gasteiger partial charge in [-0.15, -0.1) is 0 Å². The highest BCUT2D eigenvalue weighted by atomic mass is 16.2. The molecule has 0 spiro atoms. The van der Waals surface area contributed by atoms with E-state index in [4.69, 9.17) is 5.73 Å². The molecule has 104 valence electrons. The fourth-order valence-electron chi connectivity index (χ4n) is 2.98. The van der Waals surface area contributed by atoms with Gasteiger partial charge in [0.25, 0.3) is 0 Å². The monoisotopic (exact) mass is 278 g/mol. The van der Waals surface area contributed by atoms with Crippen molar-refractivity contribution in [2.75, 3.05) is 11.9 Å². The minimum Gasteiger partial charge on any atom is -0.369 e. The molecular weight excluding hydrogens is 264 g/mol. The van der Waals surface area contributed by atoms with Gasteiger partial charge in [-0.05, 0) is 17.2 Å². The summed E-state index contributed by atoms with van der Waals surface area (Å²) in [6, 6.07) is 13.7. The standard InChI is InChI=1S/C16H14N4O/c17-16(21)20-15-13(8-9-18-15)14(19-20)12-7-3-5-10-4-1-2-6-11(10)12/h1-7,18H,8-9H2,(H2,17,21). The van der Waals surface area contributed by atoms with E-state index in [-0.39, 0.29) is 0 Å². The Balaban J connectivity index is 2.02. The average Bonchev–Trinajstić information content (AvgIpc) is 3.08. The summed E-state index contributed by atoms with van der Waals surface area (Å²) in [4.78, 5) is 11.6. The van der Waals surface area contributed by atoms with Gasteiger partial charge in [0.2, 0.25) is 0 Å². The van der Waals surface area contributed by atoms with E-state index in [1.165, 1.54) is 4.68 Å². The molecule has 3 N–H and O–H groups in total. The number of benzene rings is 2. The number of rotatable bonds is 1. The zero-order chi connectivity index (χ0) is 14.4. The molecule has 0 aliphatic carbocycles. The summed E-state index contributed by atoms with van der Waals surface area (Å²) in [5.74, 6) is 0.727. The Morgan fingerprint density at radius 1 is 1.19 bits per heavy atom. The number of nitrogens with two attached hydrogens (primary N) is 1. The first-order valence-electron chi connectivity index (χ1n) is 6.89. The van der Waals surface area contributed by atoms with Crippen LogP contribution in [-0.4, -0.2) is 22.4 Å². The summed E-state index contributed by atoms with van der Waals surface area (Å²) in [7, 11) is 0. The van der Waals surface area contributed by atoms with Crippen LogP contribution in [0, 0.1) is 0 Å². The van der Waals surface area contributed by atoms with Crippen LogP contribution in [0.5, 0.6) is 0 Å². The number of hydrogen-bond acceptors (Lipinski definition) is 3. The lowest BCUT2D eigenvalue weighted by molar-refractivity contribution is 0.248. The van der Waals surface area contributed by atoms with Crippen molar-refractivity contribution < 1.29 is 4.79 Å². The van der Waals surface area contributed by atoms with E-state index >= 15 is 0 Å². The number of carbonyl (C=O) groups is 1. The molecular formula is C16H14N4O. The van der Waals surface area contributed by atoms with Gasteiger partial charge in [0, 0.05) is 17.7 Å². The lowest BCUT2D eigenvalue weighted by atomic mass is 9.99. The first-order chi connectivity index (χ1) is 10.3. The predicted octanol–water partition coefficient (Wildman–Crippen LogP) is 2.60. The second-order valence-electron chi connectivity index (χ2n) is 5.13. The number of primary amides is 1. The summed E-state index contributed by atoms with van der Waals surface area (Å²) in [5.41, 5.74) is 8.35. The number of hydrogen-bond donors (Lipinski definition) is 2. The fraction of sp³-hybridized carbons (Fsp3) is 0.125. The van der Waals surface area contributed by atoms with Crippen molar-refractivity contribution in [3.05, 3.63) is 48.0 Å². The number of amides is 1. The molecule has 0 fully saturated rings. The lowest BCUT2D eigenvalue weighted by Crippen LogP contribution is -2.22. The van der Waals surface area contributed by atoms with Gasteiger partial charge in [-0.1, -0.05) is 42.5 Å². The molecule has 1 aromatic heterocycles. The molecule has 1 aliphatic heterocycles. The summed E-state index contributed by atoms with van der Waals surface area (Å²) >= 11 is 0. The molecule has 3 aromatic rings. The van der Waals surface area contributed by atoms with Crippen molar-refractivity contribution in [3.8, 4) is 11.3 Å². The maximum atomic E-state index is 11.6. The number of anilines is 1. The smallest absolute Gasteiger partial charge is 0.341 e. The molecule has 0 atom stereocenters. The van der Waals surface area contributed by atoms with E-state index in [2.05, 4.69) is 28.6 Å². The Bertz CT molecular complexity index is 861. The highest BCUT2D eigenvalue weighted by Crippen LogP contribution is 2.35. The molecule has 0 saturated heterocycles. The molecule has 1 aliphatic rings. The molecule has 21 heavy (non-hydrogen) atoms. The summed E-state index contributed by atoms with van der Waals surface area (Å²) < 4.78 is 1.26. The topological polar surface area (TPSA) is 72.9 Å². The number of nitrogens with one attached hydrogen (secondary N) is 1. The van der Waals surface area contributed by atoms with E-state index < -0.39 is 6.03 Å². The van der Waals surface area contributed by atoms with Crippen molar-refractivity contribution in [2.45, 2.75) is 6.42 Å². The van der Waals surface area contributed by atoms with Crippen molar-refractivity contribution >= 4 is 22.6 Å². The van der Waals surface area contributed by atoms with Crippen molar-refractivity contribution in [3.63, 3.8) is 0 Å². The normalized spacial score (nSPS) is 13.1. The quantitative estimate of drug-likeness (QED) is 0.718. The van der Waals surface area contributed by atoms with Gasteiger partial charge < -0.3 is 11.1 Å². The SMILES string of the molecule is NC(=O)n1nc(-c2cccc3ccccc23)c2c1NCC2. The van der Waals surface area contributed by atoms with E-state index in [0.29, 0.717) is 0 Å². The van der Waals surface area contributed by atoms with Crippen LogP contribution in [-0.2, 0) is 6.42 Å². The number of aromatic nitrogens is 2. The Morgan fingerprint density at radius 2 is 2.00 bits per heavy atom. The molecule has 0 radical (unpaired) electrons. The van der Waals surface area contributed by atoms with E-state index in [1.807, 2.05) is 24.3 Å². The Labute approximate surface area is 121 Å². The Kier molecular flexibility index (Phi) is 2.47. The zero-order valence-corrected chi connectivity index (χ0v) is 11.3. The van der Waals surface area contributed by atoms with Gasteiger partial charge in [-0.25, -0.2) is 4.79 Å². The van der Waals surface area contributed by atoms with Crippen LogP contribution in [0.1, 0.15) is 5.56 Å². The molecule has 0 unspecified atom stereocenters. The highest BCUT2D eigenvalue weighted by molar-refractivity contribution is 5.97. The molecule has 1 amide bonds. The lowest BCUT2D eigenvalue weighted by Gasteiger charge is -2.05. The number of nitrogens with zero attached hydrogens (tertiary/aromatic N) is 2. The summed E-state index contributed by atoms with van der Waals surface area (Å²) in [6.45, 7) is 0.804. The van der Waals surface area contributed by atoms with E-state index in [9.17, 15) is 4.79 Å². The van der Waals surface area contributed by atoms with Crippen LogP contribution in [0.2, 0.25) is 0 Å². The first kappa shape index (κ1) is 12.0. The second-order valence-corrected chi connectivity index (χ2v) is 5.13. The van der Waals surface area contributed by atoms with Crippen LogP contribution in [0.25, 0.3) is 22.0 Å². The molecule has 2 heterocycles. The molecule has 5 nitrogen and oxygen atoms in total. The van der Waals surface area contributed by atoms with Crippen LogP contribution >= 0.6 is 0 Å². The van der Waals surface area contributed by atoms with Gasteiger partial charge in [-0.2, -0.15) is 9.78 Å². The van der Waals surface area contributed by atoms with Crippen molar-refractivity contribution in [1.82, 2.24) is 9.78 Å². The second kappa shape index (κ2) is 4.34. The van der Waals surface area contributed by atoms with Crippen LogP contribution in [0.15, 0.2) is 42.5 Å². The van der Waals surface area contributed by atoms with Crippen LogP contribution < -0.4 is 11.1 Å². The van der Waals surface area contributed by atoms with E-state index in [1.54, 1.807) is 0 Å².